The monoisotopic (exact) mass is 354 g/mol. The number of amides is 2. The number of phenolic OH excluding ortho intramolecular Hbond substituents is 1. The number of phenols is 1. The van der Waals surface area contributed by atoms with Gasteiger partial charge in [-0.1, -0.05) is 12.1 Å². The van der Waals surface area contributed by atoms with Gasteiger partial charge in [0.25, 0.3) is 0 Å². The molecule has 1 heterocycles. The van der Waals surface area contributed by atoms with Gasteiger partial charge in [0.2, 0.25) is 11.8 Å². The topological polar surface area (TPSA) is 70.1 Å². The first-order valence-electron chi connectivity index (χ1n) is 8.45. The van der Waals surface area contributed by atoms with Gasteiger partial charge in [0, 0.05) is 32.2 Å². The van der Waals surface area contributed by atoms with E-state index in [0.717, 1.165) is 11.3 Å². The third kappa shape index (κ3) is 3.79. The maximum absolute atomic E-state index is 12.7. The lowest BCUT2D eigenvalue weighted by atomic mass is 10.1. The number of hydrogen-bond acceptors (Lipinski definition) is 4. The number of benzene rings is 2. The number of anilines is 1. The Balaban J connectivity index is 1.64. The van der Waals surface area contributed by atoms with Gasteiger partial charge < -0.3 is 19.6 Å². The molecule has 0 saturated carbocycles. The van der Waals surface area contributed by atoms with Crippen LogP contribution in [-0.2, 0) is 16.1 Å². The second kappa shape index (κ2) is 7.47. The number of hydrogen-bond donors (Lipinski definition) is 1. The van der Waals surface area contributed by atoms with Gasteiger partial charge in [0.15, 0.2) is 0 Å². The number of ether oxygens (including phenoxy) is 1. The Morgan fingerprint density at radius 3 is 2.46 bits per heavy atom. The first kappa shape index (κ1) is 17.8. The van der Waals surface area contributed by atoms with E-state index in [1.165, 1.54) is 17.0 Å². The van der Waals surface area contributed by atoms with Crippen molar-refractivity contribution in [2.24, 2.45) is 5.92 Å². The summed E-state index contributed by atoms with van der Waals surface area (Å²) in [7, 11) is 3.30. The van der Waals surface area contributed by atoms with Crippen molar-refractivity contribution in [2.75, 3.05) is 25.6 Å². The first-order chi connectivity index (χ1) is 12.5. The highest BCUT2D eigenvalue weighted by Crippen LogP contribution is 2.25. The summed E-state index contributed by atoms with van der Waals surface area (Å²) in [5.41, 5.74) is 1.69. The average Bonchev–Trinajstić information content (AvgIpc) is 3.02. The number of carbonyl (C=O) groups is 2. The molecule has 26 heavy (non-hydrogen) atoms. The number of likely N-dealkylation sites (tertiary alicyclic amines) is 1. The van der Waals surface area contributed by atoms with E-state index in [-0.39, 0.29) is 29.9 Å². The van der Waals surface area contributed by atoms with Gasteiger partial charge >= 0.3 is 0 Å². The van der Waals surface area contributed by atoms with Crippen molar-refractivity contribution in [3.63, 3.8) is 0 Å². The molecule has 3 rings (SSSR count). The van der Waals surface area contributed by atoms with Gasteiger partial charge in [-0.15, -0.1) is 0 Å². The fraction of sp³-hybridized carbons (Fsp3) is 0.300. The molecule has 1 saturated heterocycles. The molecular weight excluding hydrogens is 332 g/mol. The lowest BCUT2D eigenvalue weighted by Gasteiger charge is -2.21. The molecule has 136 valence electrons. The highest BCUT2D eigenvalue weighted by Gasteiger charge is 2.35. The fourth-order valence-electron chi connectivity index (χ4n) is 3.12. The SMILES string of the molecule is COc1ccc(CN2CC(C(=O)N(C)c3ccc(O)cc3)CC2=O)cc1. The van der Waals surface area contributed by atoms with E-state index >= 15 is 0 Å². The Labute approximate surface area is 152 Å². The zero-order valence-electron chi connectivity index (χ0n) is 14.9. The highest BCUT2D eigenvalue weighted by molar-refractivity contribution is 5.98. The molecule has 2 aromatic carbocycles. The lowest BCUT2D eigenvalue weighted by molar-refractivity contribution is -0.128. The van der Waals surface area contributed by atoms with Crippen LogP contribution in [0.25, 0.3) is 0 Å². The number of methoxy groups -OCH3 is 1. The number of aromatic hydroxyl groups is 1. The first-order valence-corrected chi connectivity index (χ1v) is 8.45. The van der Waals surface area contributed by atoms with E-state index in [1.54, 1.807) is 31.2 Å². The second-order valence-corrected chi connectivity index (χ2v) is 6.44. The molecular formula is C20H22N2O4. The summed E-state index contributed by atoms with van der Waals surface area (Å²) in [6.07, 6.45) is 0.220. The quantitative estimate of drug-likeness (QED) is 0.895. The molecule has 0 aromatic heterocycles. The van der Waals surface area contributed by atoms with Gasteiger partial charge in [-0.3, -0.25) is 9.59 Å². The Morgan fingerprint density at radius 1 is 1.19 bits per heavy atom. The van der Waals surface area contributed by atoms with Gasteiger partial charge in [0.05, 0.1) is 13.0 Å². The third-order valence-electron chi connectivity index (χ3n) is 4.66. The molecule has 0 bridgehead atoms. The summed E-state index contributed by atoms with van der Waals surface area (Å²) in [5, 5.41) is 9.37. The molecule has 0 aliphatic carbocycles. The molecule has 0 radical (unpaired) electrons. The van der Waals surface area contributed by atoms with Gasteiger partial charge in [-0.25, -0.2) is 0 Å². The molecule has 1 unspecified atom stereocenters. The summed E-state index contributed by atoms with van der Waals surface area (Å²) >= 11 is 0. The Hall–Kier alpha value is -3.02. The average molecular weight is 354 g/mol. The normalized spacial score (nSPS) is 16.6. The summed E-state index contributed by atoms with van der Waals surface area (Å²) in [6, 6.07) is 14.0. The molecule has 6 heteroatoms. The van der Waals surface area contributed by atoms with Crippen LogP contribution in [0.3, 0.4) is 0 Å². The van der Waals surface area contributed by atoms with Gasteiger partial charge in [-0.05, 0) is 42.0 Å². The minimum Gasteiger partial charge on any atom is -0.508 e. The van der Waals surface area contributed by atoms with Crippen LogP contribution in [0.15, 0.2) is 48.5 Å². The summed E-state index contributed by atoms with van der Waals surface area (Å²) in [6.45, 7) is 0.891. The summed E-state index contributed by atoms with van der Waals surface area (Å²) in [4.78, 5) is 28.3. The van der Waals surface area contributed by atoms with Crippen LogP contribution in [-0.4, -0.2) is 42.5 Å². The molecule has 1 aliphatic rings. The van der Waals surface area contributed by atoms with Crippen molar-refractivity contribution >= 4 is 17.5 Å². The van der Waals surface area contributed by atoms with E-state index in [0.29, 0.717) is 18.8 Å². The van der Waals surface area contributed by atoms with Crippen LogP contribution < -0.4 is 9.64 Å². The van der Waals surface area contributed by atoms with Crippen LogP contribution in [0.2, 0.25) is 0 Å². The molecule has 1 fully saturated rings. The maximum atomic E-state index is 12.7. The van der Waals surface area contributed by atoms with E-state index in [1.807, 2.05) is 24.3 Å². The van der Waals surface area contributed by atoms with E-state index < -0.39 is 0 Å². The maximum Gasteiger partial charge on any atom is 0.232 e. The van der Waals surface area contributed by atoms with Crippen LogP contribution in [0, 0.1) is 5.92 Å². The summed E-state index contributed by atoms with van der Waals surface area (Å²) in [5.74, 6) is 0.445. The number of rotatable bonds is 5. The van der Waals surface area contributed by atoms with Crippen molar-refractivity contribution < 1.29 is 19.4 Å². The molecule has 1 aliphatic heterocycles. The van der Waals surface area contributed by atoms with Crippen LogP contribution in [0.5, 0.6) is 11.5 Å². The van der Waals surface area contributed by atoms with Crippen molar-refractivity contribution in [1.29, 1.82) is 0 Å². The Kier molecular flexibility index (Phi) is 5.11. The van der Waals surface area contributed by atoms with Crippen molar-refractivity contribution in [3.8, 4) is 11.5 Å². The van der Waals surface area contributed by atoms with Crippen molar-refractivity contribution in [1.82, 2.24) is 4.90 Å². The van der Waals surface area contributed by atoms with Crippen LogP contribution >= 0.6 is 0 Å². The molecule has 2 amide bonds. The zero-order valence-corrected chi connectivity index (χ0v) is 14.9. The highest BCUT2D eigenvalue weighted by atomic mass is 16.5. The Bertz CT molecular complexity index is 786. The summed E-state index contributed by atoms with van der Waals surface area (Å²) < 4.78 is 5.14. The standard InChI is InChI=1S/C20H22N2O4/c1-21(16-5-7-17(23)8-6-16)20(25)15-11-19(24)22(13-15)12-14-3-9-18(26-2)10-4-14/h3-10,15,23H,11-13H2,1-2H3. The fourth-order valence-corrected chi connectivity index (χ4v) is 3.12. The molecule has 1 N–H and O–H groups in total. The minimum absolute atomic E-state index is 0.0155. The van der Waals surface area contributed by atoms with E-state index in [2.05, 4.69) is 0 Å². The largest absolute Gasteiger partial charge is 0.508 e. The number of carbonyl (C=O) groups excluding carboxylic acids is 2. The van der Waals surface area contributed by atoms with Gasteiger partial charge in [0.1, 0.15) is 11.5 Å². The predicted molar refractivity (Wildman–Crippen MR) is 98.0 cm³/mol. The molecule has 0 spiro atoms. The lowest BCUT2D eigenvalue weighted by Crippen LogP contribution is -2.34. The molecule has 6 nitrogen and oxygen atoms in total. The third-order valence-corrected chi connectivity index (χ3v) is 4.66. The van der Waals surface area contributed by atoms with Gasteiger partial charge in [-0.2, -0.15) is 0 Å². The van der Waals surface area contributed by atoms with Crippen LogP contribution in [0.1, 0.15) is 12.0 Å². The van der Waals surface area contributed by atoms with Crippen LogP contribution in [0.4, 0.5) is 5.69 Å². The second-order valence-electron chi connectivity index (χ2n) is 6.44. The minimum atomic E-state index is -0.362. The number of nitrogens with zero attached hydrogens (tertiary/aromatic N) is 2. The van der Waals surface area contributed by atoms with E-state index in [9.17, 15) is 14.7 Å². The molecule has 2 aromatic rings. The molecule has 1 atom stereocenters. The van der Waals surface area contributed by atoms with Crippen molar-refractivity contribution in [3.05, 3.63) is 54.1 Å². The van der Waals surface area contributed by atoms with E-state index in [4.69, 9.17) is 4.74 Å². The zero-order chi connectivity index (χ0) is 18.7. The Morgan fingerprint density at radius 2 is 1.85 bits per heavy atom. The smallest absolute Gasteiger partial charge is 0.232 e. The predicted octanol–water partition coefficient (Wildman–Crippen LogP) is 2.41. The van der Waals surface area contributed by atoms with Crippen molar-refractivity contribution in [2.45, 2.75) is 13.0 Å².